The summed E-state index contributed by atoms with van der Waals surface area (Å²) < 4.78 is 2.81. The molecule has 0 saturated heterocycles. The van der Waals surface area contributed by atoms with Crippen molar-refractivity contribution in [2.45, 2.75) is 6.92 Å². The summed E-state index contributed by atoms with van der Waals surface area (Å²) in [6.07, 6.45) is 0. The van der Waals surface area contributed by atoms with Gasteiger partial charge in [0.05, 0.1) is 0 Å². The van der Waals surface area contributed by atoms with Crippen LogP contribution in [0.3, 0.4) is 0 Å². The summed E-state index contributed by atoms with van der Waals surface area (Å²) in [6.45, 7) is 2.19. The molecule has 5 aromatic rings. The molecule has 21 heavy (non-hydrogen) atoms. The molecule has 0 aliphatic carbocycles. The Labute approximate surface area is 130 Å². The standard InChI is InChI=1S/C19H12S2/c1-11-10-13-3-5-15-14-4-2-12-8-9-20-18(12)16(14)6-7-17(15)19(13)21-11/h2-10H,1H3. The van der Waals surface area contributed by atoms with Gasteiger partial charge in [-0.05, 0) is 46.0 Å². The number of thiophene rings is 2. The van der Waals surface area contributed by atoms with Gasteiger partial charge in [0.2, 0.25) is 0 Å². The fourth-order valence-electron chi connectivity index (χ4n) is 3.28. The van der Waals surface area contributed by atoms with Gasteiger partial charge in [-0.25, -0.2) is 0 Å². The first-order valence-electron chi connectivity index (χ1n) is 7.03. The molecule has 0 unspecified atom stereocenters. The molecule has 2 aromatic heterocycles. The normalized spacial score (nSPS) is 12.0. The highest BCUT2D eigenvalue weighted by Gasteiger charge is 2.09. The van der Waals surface area contributed by atoms with Gasteiger partial charge in [-0.3, -0.25) is 0 Å². The molecule has 0 atom stereocenters. The highest BCUT2D eigenvalue weighted by atomic mass is 32.1. The molecule has 0 N–H and O–H groups in total. The van der Waals surface area contributed by atoms with Crippen molar-refractivity contribution in [2.24, 2.45) is 0 Å². The molecule has 5 rings (SSSR count). The van der Waals surface area contributed by atoms with Crippen molar-refractivity contribution in [3.05, 3.63) is 58.8 Å². The van der Waals surface area contributed by atoms with Crippen molar-refractivity contribution >= 4 is 64.4 Å². The lowest BCUT2D eigenvalue weighted by Crippen LogP contribution is -1.78. The van der Waals surface area contributed by atoms with Gasteiger partial charge in [-0.15, -0.1) is 22.7 Å². The summed E-state index contributed by atoms with van der Waals surface area (Å²) in [5, 5.41) is 10.4. The second-order valence-electron chi connectivity index (χ2n) is 5.50. The zero-order chi connectivity index (χ0) is 14.0. The third kappa shape index (κ3) is 1.55. The van der Waals surface area contributed by atoms with Crippen LogP contribution in [0.2, 0.25) is 0 Å². The molecule has 0 bridgehead atoms. The van der Waals surface area contributed by atoms with Crippen LogP contribution in [0.15, 0.2) is 53.9 Å². The van der Waals surface area contributed by atoms with Crippen LogP contribution >= 0.6 is 22.7 Å². The third-order valence-corrected chi connectivity index (χ3v) is 6.28. The van der Waals surface area contributed by atoms with Gasteiger partial charge >= 0.3 is 0 Å². The number of fused-ring (bicyclic) bond motifs is 7. The molecule has 0 radical (unpaired) electrons. The maximum Gasteiger partial charge on any atom is 0.0424 e. The summed E-state index contributed by atoms with van der Waals surface area (Å²) in [5.74, 6) is 0. The van der Waals surface area contributed by atoms with Crippen LogP contribution in [0.25, 0.3) is 41.7 Å². The molecule has 0 amide bonds. The fourth-order valence-corrected chi connectivity index (χ4v) is 5.24. The molecule has 0 saturated carbocycles. The van der Waals surface area contributed by atoms with Crippen molar-refractivity contribution < 1.29 is 0 Å². The van der Waals surface area contributed by atoms with Gasteiger partial charge < -0.3 is 0 Å². The zero-order valence-electron chi connectivity index (χ0n) is 11.5. The van der Waals surface area contributed by atoms with E-state index >= 15 is 0 Å². The molecule has 0 fully saturated rings. The topological polar surface area (TPSA) is 0 Å². The smallest absolute Gasteiger partial charge is 0.0424 e. The van der Waals surface area contributed by atoms with E-state index in [9.17, 15) is 0 Å². The van der Waals surface area contributed by atoms with Gasteiger partial charge in [0, 0.05) is 25.0 Å². The summed E-state index contributed by atoms with van der Waals surface area (Å²) in [5.41, 5.74) is 0. The maximum atomic E-state index is 2.30. The van der Waals surface area contributed by atoms with E-state index in [4.69, 9.17) is 0 Å². The average molecular weight is 304 g/mol. The quantitative estimate of drug-likeness (QED) is 0.278. The van der Waals surface area contributed by atoms with Crippen LogP contribution < -0.4 is 0 Å². The van der Waals surface area contributed by atoms with Crippen LogP contribution in [0, 0.1) is 6.92 Å². The van der Waals surface area contributed by atoms with E-state index in [2.05, 4.69) is 60.8 Å². The number of hydrogen-bond acceptors (Lipinski definition) is 2. The largest absolute Gasteiger partial charge is 0.143 e. The maximum absolute atomic E-state index is 2.30. The first kappa shape index (κ1) is 11.7. The third-order valence-electron chi connectivity index (χ3n) is 4.22. The minimum absolute atomic E-state index is 1.35. The SMILES string of the molecule is Cc1cc2ccc3c4ccc5ccsc5c4ccc3c2s1. The highest BCUT2D eigenvalue weighted by Crippen LogP contribution is 2.38. The van der Waals surface area contributed by atoms with E-state index in [1.807, 2.05) is 22.7 Å². The predicted octanol–water partition coefficient (Wildman–Crippen LogP) is 6.73. The molecule has 0 spiro atoms. The molecule has 0 nitrogen and oxygen atoms in total. The van der Waals surface area contributed by atoms with Crippen LogP contribution in [0.5, 0.6) is 0 Å². The lowest BCUT2D eigenvalue weighted by molar-refractivity contribution is 1.66. The minimum Gasteiger partial charge on any atom is -0.143 e. The first-order valence-corrected chi connectivity index (χ1v) is 8.73. The lowest BCUT2D eigenvalue weighted by atomic mass is 10.00. The second-order valence-corrected chi connectivity index (χ2v) is 7.67. The Hall–Kier alpha value is -1.90. The van der Waals surface area contributed by atoms with Gasteiger partial charge in [0.25, 0.3) is 0 Å². The number of aryl methyl sites for hydroxylation is 1. The Morgan fingerprint density at radius 3 is 2.14 bits per heavy atom. The Kier molecular flexibility index (Phi) is 2.27. The molecule has 2 heteroatoms. The van der Waals surface area contributed by atoms with Crippen molar-refractivity contribution in [1.29, 1.82) is 0 Å². The number of rotatable bonds is 0. The average Bonchev–Trinajstić information content (AvgIpc) is 3.11. The Morgan fingerprint density at radius 2 is 1.33 bits per heavy atom. The van der Waals surface area contributed by atoms with Gasteiger partial charge in [0.1, 0.15) is 0 Å². The van der Waals surface area contributed by atoms with Crippen LogP contribution in [-0.2, 0) is 0 Å². The molecular weight excluding hydrogens is 292 g/mol. The van der Waals surface area contributed by atoms with Crippen LogP contribution in [0.4, 0.5) is 0 Å². The van der Waals surface area contributed by atoms with E-state index in [1.165, 1.54) is 46.6 Å². The molecule has 3 aromatic carbocycles. The van der Waals surface area contributed by atoms with Crippen LogP contribution in [0.1, 0.15) is 4.88 Å². The predicted molar refractivity (Wildman–Crippen MR) is 97.0 cm³/mol. The monoisotopic (exact) mass is 304 g/mol. The first-order chi connectivity index (χ1) is 10.3. The van der Waals surface area contributed by atoms with Crippen molar-refractivity contribution in [2.75, 3.05) is 0 Å². The van der Waals surface area contributed by atoms with E-state index in [0.29, 0.717) is 0 Å². The van der Waals surface area contributed by atoms with E-state index in [1.54, 1.807) is 0 Å². The van der Waals surface area contributed by atoms with Gasteiger partial charge in [-0.2, -0.15) is 0 Å². The minimum atomic E-state index is 1.35. The zero-order valence-corrected chi connectivity index (χ0v) is 13.1. The van der Waals surface area contributed by atoms with E-state index in [-0.39, 0.29) is 0 Å². The molecule has 2 heterocycles. The number of benzene rings is 3. The van der Waals surface area contributed by atoms with Crippen molar-refractivity contribution in [1.82, 2.24) is 0 Å². The molecular formula is C19H12S2. The summed E-state index contributed by atoms with van der Waals surface area (Å²) >= 11 is 3.73. The summed E-state index contributed by atoms with van der Waals surface area (Å²) in [4.78, 5) is 1.38. The molecule has 100 valence electrons. The van der Waals surface area contributed by atoms with E-state index in [0.717, 1.165) is 0 Å². The second kappa shape index (κ2) is 4.06. The van der Waals surface area contributed by atoms with Crippen molar-refractivity contribution in [3.8, 4) is 0 Å². The summed E-state index contributed by atoms with van der Waals surface area (Å²) in [7, 11) is 0. The Bertz CT molecular complexity index is 1140. The van der Waals surface area contributed by atoms with Crippen LogP contribution in [-0.4, -0.2) is 0 Å². The lowest BCUT2D eigenvalue weighted by Gasteiger charge is -2.06. The molecule has 0 aliphatic heterocycles. The summed E-state index contributed by atoms with van der Waals surface area (Å²) in [6, 6.07) is 18.2. The fraction of sp³-hybridized carbons (Fsp3) is 0.0526. The van der Waals surface area contributed by atoms with Gasteiger partial charge in [-0.1, -0.05) is 36.4 Å². The Balaban J connectivity index is 2.06. The van der Waals surface area contributed by atoms with Gasteiger partial charge in [0.15, 0.2) is 0 Å². The Morgan fingerprint density at radius 1 is 0.667 bits per heavy atom. The number of hydrogen-bond donors (Lipinski definition) is 0. The van der Waals surface area contributed by atoms with E-state index < -0.39 is 0 Å². The van der Waals surface area contributed by atoms with Crippen molar-refractivity contribution in [3.63, 3.8) is 0 Å². The highest BCUT2D eigenvalue weighted by molar-refractivity contribution is 7.20. The molecule has 0 aliphatic rings.